The van der Waals surface area contributed by atoms with Crippen molar-refractivity contribution in [2.75, 3.05) is 18.1 Å². The summed E-state index contributed by atoms with van der Waals surface area (Å²) in [6.07, 6.45) is 0.0766. The Labute approximate surface area is 126 Å². The van der Waals surface area contributed by atoms with Gasteiger partial charge in [-0.25, -0.2) is 8.42 Å². The van der Waals surface area contributed by atoms with Crippen LogP contribution in [0.5, 0.6) is 0 Å². The number of hydrogen-bond acceptors (Lipinski definition) is 5. The highest BCUT2D eigenvalue weighted by Gasteiger charge is 2.26. The van der Waals surface area contributed by atoms with Crippen molar-refractivity contribution >= 4 is 31.7 Å². The molecule has 0 radical (unpaired) electrons. The molecule has 1 atom stereocenters. The minimum Gasteiger partial charge on any atom is -0.461 e. The lowest BCUT2D eigenvalue weighted by Gasteiger charge is -2.22. The van der Waals surface area contributed by atoms with Crippen LogP contribution in [0.4, 0.5) is 0 Å². The van der Waals surface area contributed by atoms with Crippen molar-refractivity contribution in [1.29, 1.82) is 0 Å². The lowest BCUT2D eigenvalue weighted by Crippen LogP contribution is -2.46. The fourth-order valence-corrected chi connectivity index (χ4v) is 3.94. The summed E-state index contributed by atoms with van der Waals surface area (Å²) < 4.78 is 29.0. The van der Waals surface area contributed by atoms with E-state index < -0.39 is 9.84 Å². The minimum absolute atomic E-state index is 0.00101. The Balaban J connectivity index is 1.81. The maximum Gasteiger partial charge on any atom is 0.307 e. The monoisotopic (exact) mass is 361 g/mol. The number of sulfone groups is 1. The summed E-state index contributed by atoms with van der Waals surface area (Å²) in [4.78, 5) is 11.7. The molecule has 5 nitrogen and oxygen atoms in total. The molecule has 20 heavy (non-hydrogen) atoms. The molecule has 110 valence electrons. The molecule has 1 unspecified atom stereocenters. The Hall–Kier alpha value is -0.920. The fraction of sp³-hybridized carbons (Fsp3) is 0.462. The van der Waals surface area contributed by atoms with Crippen LogP contribution in [-0.4, -0.2) is 38.5 Å². The van der Waals surface area contributed by atoms with E-state index in [9.17, 15) is 13.2 Å². The predicted molar refractivity (Wildman–Crippen MR) is 79.0 cm³/mol. The van der Waals surface area contributed by atoms with Crippen molar-refractivity contribution < 1.29 is 17.9 Å². The Kier molecular flexibility index (Phi) is 5.17. The molecule has 0 aliphatic carbocycles. The number of carbonyl (C=O) groups excluding carboxylic acids is 1. The van der Waals surface area contributed by atoms with Crippen molar-refractivity contribution in [1.82, 2.24) is 5.32 Å². The molecular formula is C13H16BrNO4S. The average Bonchev–Trinajstić information content (AvgIpc) is 2.35. The van der Waals surface area contributed by atoms with E-state index in [1.807, 2.05) is 24.3 Å². The Morgan fingerprint density at radius 2 is 2.25 bits per heavy atom. The van der Waals surface area contributed by atoms with Crippen LogP contribution in [0, 0.1) is 0 Å². The van der Waals surface area contributed by atoms with E-state index in [0.717, 1.165) is 10.0 Å². The molecule has 1 heterocycles. The van der Waals surface area contributed by atoms with Crippen LogP contribution >= 0.6 is 15.9 Å². The summed E-state index contributed by atoms with van der Waals surface area (Å²) in [5.41, 5.74) is 0.886. The van der Waals surface area contributed by atoms with Crippen molar-refractivity contribution in [3.05, 3.63) is 34.3 Å². The predicted octanol–water partition coefficient (Wildman–Crippen LogP) is 1.27. The first-order valence-corrected chi connectivity index (χ1v) is 8.90. The Morgan fingerprint density at radius 3 is 2.95 bits per heavy atom. The summed E-state index contributed by atoms with van der Waals surface area (Å²) in [6.45, 7) is 0.587. The molecule has 1 aromatic carbocycles. The van der Waals surface area contributed by atoms with Crippen LogP contribution in [0.1, 0.15) is 12.0 Å². The van der Waals surface area contributed by atoms with Gasteiger partial charge in [0.2, 0.25) is 0 Å². The normalized spacial score (nSPS) is 21.4. The minimum atomic E-state index is -3.03. The molecule has 0 saturated carbocycles. The molecule has 1 fully saturated rings. The zero-order valence-electron chi connectivity index (χ0n) is 10.8. The second-order valence-electron chi connectivity index (χ2n) is 4.76. The SMILES string of the molecule is O=C(CC1CS(=O)(=O)CCN1)OCc1cccc(Br)c1. The second kappa shape index (κ2) is 6.69. The van der Waals surface area contributed by atoms with E-state index in [1.54, 1.807) is 0 Å². The first-order valence-electron chi connectivity index (χ1n) is 6.28. The Morgan fingerprint density at radius 1 is 1.45 bits per heavy atom. The zero-order valence-corrected chi connectivity index (χ0v) is 13.2. The van der Waals surface area contributed by atoms with Gasteiger partial charge in [-0.05, 0) is 17.7 Å². The molecule has 1 N–H and O–H groups in total. The van der Waals surface area contributed by atoms with E-state index in [4.69, 9.17) is 4.74 Å². The molecule has 0 amide bonds. The van der Waals surface area contributed by atoms with E-state index >= 15 is 0 Å². The topological polar surface area (TPSA) is 72.5 Å². The number of halogens is 1. The third-order valence-electron chi connectivity index (χ3n) is 3.00. The second-order valence-corrected chi connectivity index (χ2v) is 7.90. The first-order chi connectivity index (χ1) is 9.44. The van der Waals surface area contributed by atoms with Crippen molar-refractivity contribution in [2.24, 2.45) is 0 Å². The standard InChI is InChI=1S/C13H16BrNO4S/c14-11-3-1-2-10(6-11)8-19-13(16)7-12-9-20(17,18)5-4-15-12/h1-3,6,12,15H,4-5,7-9H2. The fourth-order valence-electron chi connectivity index (χ4n) is 2.05. The summed E-state index contributed by atoms with van der Waals surface area (Å²) in [6, 6.07) is 7.14. The third kappa shape index (κ3) is 4.88. The van der Waals surface area contributed by atoms with Gasteiger partial charge in [-0.3, -0.25) is 4.79 Å². The number of ether oxygens (including phenoxy) is 1. The molecule has 2 rings (SSSR count). The lowest BCUT2D eigenvalue weighted by molar-refractivity contribution is -0.145. The molecular weight excluding hydrogens is 346 g/mol. The first kappa shape index (κ1) is 15.5. The van der Waals surface area contributed by atoms with Gasteiger partial charge >= 0.3 is 5.97 Å². The molecule has 1 saturated heterocycles. The molecule has 1 aromatic rings. The quantitative estimate of drug-likeness (QED) is 0.817. The molecule has 1 aliphatic heterocycles. The summed E-state index contributed by atoms with van der Waals surface area (Å²) in [5.74, 6) is -0.255. The highest BCUT2D eigenvalue weighted by molar-refractivity contribution is 9.10. The van der Waals surface area contributed by atoms with Gasteiger partial charge < -0.3 is 10.1 Å². The molecule has 7 heteroatoms. The number of nitrogens with one attached hydrogen (secondary N) is 1. The number of rotatable bonds is 4. The average molecular weight is 362 g/mol. The maximum atomic E-state index is 11.7. The van der Waals surface area contributed by atoms with Gasteiger partial charge in [0.25, 0.3) is 0 Å². The van der Waals surface area contributed by atoms with Crippen LogP contribution < -0.4 is 5.32 Å². The van der Waals surface area contributed by atoms with Crippen LogP contribution in [0.3, 0.4) is 0 Å². The number of benzene rings is 1. The van der Waals surface area contributed by atoms with Gasteiger partial charge in [-0.1, -0.05) is 28.1 Å². The molecule has 1 aliphatic rings. The van der Waals surface area contributed by atoms with Crippen LogP contribution in [-0.2, 0) is 26.0 Å². The zero-order chi connectivity index (χ0) is 14.6. The van der Waals surface area contributed by atoms with E-state index in [0.29, 0.717) is 6.54 Å². The Bertz CT molecular complexity index is 588. The van der Waals surface area contributed by atoms with E-state index in [-0.39, 0.29) is 36.5 Å². The van der Waals surface area contributed by atoms with Gasteiger partial charge in [-0.15, -0.1) is 0 Å². The maximum absolute atomic E-state index is 11.7. The van der Waals surface area contributed by atoms with Gasteiger partial charge in [0, 0.05) is 17.1 Å². The van der Waals surface area contributed by atoms with Crippen molar-refractivity contribution in [3.63, 3.8) is 0 Å². The van der Waals surface area contributed by atoms with Crippen LogP contribution in [0.2, 0.25) is 0 Å². The van der Waals surface area contributed by atoms with Gasteiger partial charge in [0.1, 0.15) is 6.61 Å². The van der Waals surface area contributed by atoms with Crippen molar-refractivity contribution in [2.45, 2.75) is 19.1 Å². The van der Waals surface area contributed by atoms with Gasteiger partial charge in [-0.2, -0.15) is 0 Å². The summed E-state index contributed by atoms with van der Waals surface area (Å²) >= 11 is 3.34. The van der Waals surface area contributed by atoms with Crippen molar-refractivity contribution in [3.8, 4) is 0 Å². The smallest absolute Gasteiger partial charge is 0.307 e. The highest BCUT2D eigenvalue weighted by atomic mass is 79.9. The molecule has 0 aromatic heterocycles. The van der Waals surface area contributed by atoms with Gasteiger partial charge in [0.15, 0.2) is 9.84 Å². The summed E-state index contributed by atoms with van der Waals surface area (Å²) in [7, 11) is -3.03. The van der Waals surface area contributed by atoms with Gasteiger partial charge in [0.05, 0.1) is 17.9 Å². The number of hydrogen-bond donors (Lipinski definition) is 1. The largest absolute Gasteiger partial charge is 0.461 e. The number of esters is 1. The van der Waals surface area contributed by atoms with E-state index in [1.165, 1.54) is 0 Å². The van der Waals surface area contributed by atoms with Crippen LogP contribution in [0.15, 0.2) is 28.7 Å². The molecule has 0 spiro atoms. The number of carbonyl (C=O) groups is 1. The van der Waals surface area contributed by atoms with E-state index in [2.05, 4.69) is 21.2 Å². The lowest BCUT2D eigenvalue weighted by atomic mass is 10.2. The summed E-state index contributed by atoms with van der Waals surface area (Å²) in [5, 5.41) is 3.03. The van der Waals surface area contributed by atoms with Crippen LogP contribution in [0.25, 0.3) is 0 Å². The highest BCUT2D eigenvalue weighted by Crippen LogP contribution is 2.13. The third-order valence-corrected chi connectivity index (χ3v) is 5.23. The molecule has 0 bridgehead atoms.